The summed E-state index contributed by atoms with van der Waals surface area (Å²) in [5, 5.41) is 20.5. The van der Waals surface area contributed by atoms with E-state index < -0.39 is 10.9 Å². The lowest BCUT2D eigenvalue weighted by Gasteiger charge is -2.04. The van der Waals surface area contributed by atoms with Gasteiger partial charge in [-0.05, 0) is 30.8 Å². The molecule has 0 aromatic carbocycles. The molecular weight excluding hydrogens is 282 g/mol. The molecule has 1 N–H and O–H groups in total. The number of hydrogen-bond donors (Lipinski definition) is 1. The first-order chi connectivity index (χ1) is 9.49. The molecule has 2 rings (SSSR count). The van der Waals surface area contributed by atoms with Crippen molar-refractivity contribution in [2.45, 2.75) is 17.0 Å². The zero-order chi connectivity index (χ0) is 14.7. The minimum Gasteiger partial charge on any atom is -0.478 e. The first-order valence-corrected chi connectivity index (χ1v) is 6.28. The van der Waals surface area contributed by atoms with E-state index in [1.807, 2.05) is 0 Å². The van der Waals surface area contributed by atoms with Crippen LogP contribution in [0.25, 0.3) is 0 Å². The van der Waals surface area contributed by atoms with Crippen molar-refractivity contribution in [2.24, 2.45) is 0 Å². The fraction of sp³-hybridized carbons (Fsp3) is 0.0833. The number of aromatic carboxylic acids is 1. The van der Waals surface area contributed by atoms with Crippen molar-refractivity contribution in [3.8, 4) is 0 Å². The Hall–Kier alpha value is -2.48. The Morgan fingerprint density at radius 1 is 1.45 bits per heavy atom. The third-order valence-electron chi connectivity index (χ3n) is 2.45. The number of carboxylic acids is 1. The summed E-state index contributed by atoms with van der Waals surface area (Å²) in [5.41, 5.74) is 0.414. The predicted molar refractivity (Wildman–Crippen MR) is 70.9 cm³/mol. The molecule has 0 spiro atoms. The Labute approximate surface area is 117 Å². The Morgan fingerprint density at radius 2 is 2.20 bits per heavy atom. The molecule has 2 aromatic rings. The zero-order valence-corrected chi connectivity index (χ0v) is 11.1. The fourth-order valence-corrected chi connectivity index (χ4v) is 2.33. The molecular formula is C12H9N3O4S. The Morgan fingerprint density at radius 3 is 2.85 bits per heavy atom. The topological polar surface area (TPSA) is 106 Å². The molecule has 20 heavy (non-hydrogen) atoms. The molecule has 2 aromatic heterocycles. The van der Waals surface area contributed by atoms with Crippen LogP contribution >= 0.6 is 11.8 Å². The van der Waals surface area contributed by atoms with E-state index in [2.05, 4.69) is 9.97 Å². The highest BCUT2D eigenvalue weighted by Gasteiger charge is 2.16. The molecule has 0 aliphatic rings. The molecule has 2 heterocycles. The summed E-state index contributed by atoms with van der Waals surface area (Å²) >= 11 is 0.975. The van der Waals surface area contributed by atoms with Crippen LogP contribution in [0.5, 0.6) is 0 Å². The molecule has 0 saturated carbocycles. The van der Waals surface area contributed by atoms with Gasteiger partial charge in [0.25, 0.3) is 5.69 Å². The van der Waals surface area contributed by atoms with E-state index in [4.69, 9.17) is 5.11 Å². The third kappa shape index (κ3) is 2.91. The lowest BCUT2D eigenvalue weighted by Crippen LogP contribution is -2.00. The second-order valence-electron chi connectivity index (χ2n) is 3.83. The van der Waals surface area contributed by atoms with Crippen molar-refractivity contribution in [3.05, 3.63) is 51.8 Å². The van der Waals surface area contributed by atoms with E-state index in [-0.39, 0.29) is 16.3 Å². The van der Waals surface area contributed by atoms with Crippen LogP contribution in [0.1, 0.15) is 15.9 Å². The molecule has 0 fully saturated rings. The van der Waals surface area contributed by atoms with Gasteiger partial charge >= 0.3 is 5.97 Å². The van der Waals surface area contributed by atoms with Crippen LogP contribution in [0.3, 0.4) is 0 Å². The molecule has 0 amide bonds. The Kier molecular flexibility index (Phi) is 3.94. The number of carbonyl (C=O) groups is 1. The number of carboxylic acid groups (broad SMARTS) is 1. The molecule has 0 aliphatic heterocycles. The second-order valence-corrected chi connectivity index (χ2v) is 4.84. The van der Waals surface area contributed by atoms with Gasteiger partial charge in [-0.15, -0.1) is 0 Å². The highest BCUT2D eigenvalue weighted by Crippen LogP contribution is 2.30. The van der Waals surface area contributed by atoms with E-state index in [9.17, 15) is 14.9 Å². The molecule has 102 valence electrons. The smallest absolute Gasteiger partial charge is 0.338 e. The van der Waals surface area contributed by atoms with E-state index in [1.54, 1.807) is 6.92 Å². The minimum absolute atomic E-state index is 0.0301. The minimum atomic E-state index is -1.11. The molecule has 8 heteroatoms. The van der Waals surface area contributed by atoms with Crippen molar-refractivity contribution < 1.29 is 14.8 Å². The quantitative estimate of drug-likeness (QED) is 0.681. The summed E-state index contributed by atoms with van der Waals surface area (Å²) in [6.45, 7) is 1.59. The highest BCUT2D eigenvalue weighted by molar-refractivity contribution is 7.99. The number of aromatic nitrogens is 2. The van der Waals surface area contributed by atoms with E-state index in [1.165, 1.54) is 30.6 Å². The second kappa shape index (κ2) is 5.66. The number of nitrogens with zero attached hydrogens (tertiary/aromatic N) is 3. The fourth-order valence-electron chi connectivity index (χ4n) is 1.48. The van der Waals surface area contributed by atoms with Gasteiger partial charge in [-0.3, -0.25) is 10.1 Å². The van der Waals surface area contributed by atoms with Crippen LogP contribution in [0, 0.1) is 17.0 Å². The predicted octanol–water partition coefficient (Wildman–Crippen LogP) is 2.54. The number of rotatable bonds is 4. The van der Waals surface area contributed by atoms with Gasteiger partial charge in [-0.2, -0.15) is 0 Å². The van der Waals surface area contributed by atoms with Gasteiger partial charge in [0.05, 0.1) is 10.5 Å². The van der Waals surface area contributed by atoms with Crippen LogP contribution in [0.4, 0.5) is 5.69 Å². The molecule has 7 nitrogen and oxygen atoms in total. The SMILES string of the molecule is Cc1cnc(Sc2ncccc2C(=O)O)cc1[N+](=O)[O-]. The average molecular weight is 291 g/mol. The largest absolute Gasteiger partial charge is 0.478 e. The van der Waals surface area contributed by atoms with Crippen LogP contribution < -0.4 is 0 Å². The lowest BCUT2D eigenvalue weighted by molar-refractivity contribution is -0.385. The summed E-state index contributed by atoms with van der Waals surface area (Å²) in [7, 11) is 0. The van der Waals surface area contributed by atoms with Crippen LogP contribution in [-0.4, -0.2) is 26.0 Å². The maximum absolute atomic E-state index is 11.1. The molecule has 0 atom stereocenters. The van der Waals surface area contributed by atoms with E-state index >= 15 is 0 Å². The molecule has 0 unspecified atom stereocenters. The van der Waals surface area contributed by atoms with E-state index in [0.717, 1.165) is 11.8 Å². The van der Waals surface area contributed by atoms with Crippen molar-refractivity contribution in [1.82, 2.24) is 9.97 Å². The normalized spacial score (nSPS) is 10.2. The van der Waals surface area contributed by atoms with Crippen molar-refractivity contribution in [3.63, 3.8) is 0 Å². The first-order valence-electron chi connectivity index (χ1n) is 5.46. The summed E-state index contributed by atoms with van der Waals surface area (Å²) in [6.07, 6.45) is 2.83. The number of aryl methyl sites for hydroxylation is 1. The van der Waals surface area contributed by atoms with Crippen LogP contribution in [0.2, 0.25) is 0 Å². The highest BCUT2D eigenvalue weighted by atomic mass is 32.2. The zero-order valence-electron chi connectivity index (χ0n) is 10.3. The average Bonchev–Trinajstić information content (AvgIpc) is 2.41. The Balaban J connectivity index is 2.38. The van der Waals surface area contributed by atoms with Crippen molar-refractivity contribution >= 4 is 23.4 Å². The van der Waals surface area contributed by atoms with Gasteiger partial charge in [-0.1, -0.05) is 0 Å². The van der Waals surface area contributed by atoms with Crippen LogP contribution in [-0.2, 0) is 0 Å². The first kappa shape index (κ1) is 13.9. The van der Waals surface area contributed by atoms with Gasteiger partial charge in [-0.25, -0.2) is 14.8 Å². The maximum atomic E-state index is 11.1. The number of pyridine rings is 2. The maximum Gasteiger partial charge on any atom is 0.338 e. The molecule has 0 saturated heterocycles. The monoisotopic (exact) mass is 291 g/mol. The summed E-state index contributed by atoms with van der Waals surface area (Å²) in [4.78, 5) is 29.4. The third-order valence-corrected chi connectivity index (χ3v) is 3.40. The Bertz CT molecular complexity index is 690. The van der Waals surface area contributed by atoms with Gasteiger partial charge in [0, 0.05) is 24.0 Å². The van der Waals surface area contributed by atoms with Gasteiger partial charge in [0.1, 0.15) is 10.1 Å². The van der Waals surface area contributed by atoms with Gasteiger partial charge in [0.2, 0.25) is 0 Å². The summed E-state index contributed by atoms with van der Waals surface area (Å²) in [6, 6.07) is 4.24. The van der Waals surface area contributed by atoms with Gasteiger partial charge < -0.3 is 5.11 Å². The van der Waals surface area contributed by atoms with Gasteiger partial charge in [0.15, 0.2) is 0 Å². The lowest BCUT2D eigenvalue weighted by atomic mass is 10.3. The van der Waals surface area contributed by atoms with E-state index in [0.29, 0.717) is 10.6 Å². The van der Waals surface area contributed by atoms with Crippen molar-refractivity contribution in [2.75, 3.05) is 0 Å². The number of hydrogen-bond acceptors (Lipinski definition) is 6. The summed E-state index contributed by atoms with van der Waals surface area (Å²) < 4.78 is 0. The molecule has 0 bridgehead atoms. The summed E-state index contributed by atoms with van der Waals surface area (Å²) in [5.74, 6) is -1.11. The molecule has 0 radical (unpaired) electrons. The van der Waals surface area contributed by atoms with Crippen molar-refractivity contribution in [1.29, 1.82) is 0 Å². The van der Waals surface area contributed by atoms with Crippen LogP contribution in [0.15, 0.2) is 40.6 Å². The number of nitro groups is 1. The molecule has 0 aliphatic carbocycles. The standard InChI is InChI=1S/C12H9N3O4S/c1-7-6-14-10(5-9(7)15(18)19)20-11-8(12(16)17)3-2-4-13-11/h2-6H,1H3,(H,16,17).